The number of rotatable bonds is 4. The number of aromatic nitrogens is 5. The van der Waals surface area contributed by atoms with Crippen LogP contribution in [0.3, 0.4) is 0 Å². The van der Waals surface area contributed by atoms with Gasteiger partial charge in [0.15, 0.2) is 17.0 Å². The van der Waals surface area contributed by atoms with Gasteiger partial charge in [0.05, 0.1) is 0 Å². The predicted octanol–water partition coefficient (Wildman–Crippen LogP) is 3.48. The van der Waals surface area contributed by atoms with E-state index in [9.17, 15) is 0 Å². The molecule has 1 N–H and O–H groups in total. The number of benzene rings is 1. The Morgan fingerprint density at radius 1 is 1.04 bits per heavy atom. The van der Waals surface area contributed by atoms with Gasteiger partial charge in [-0.1, -0.05) is 24.3 Å². The summed E-state index contributed by atoms with van der Waals surface area (Å²) < 4.78 is 1.89. The molecule has 0 bridgehead atoms. The monoisotopic (exact) mass is 336 g/mol. The van der Waals surface area contributed by atoms with Crippen molar-refractivity contribution in [2.24, 2.45) is 0 Å². The summed E-state index contributed by atoms with van der Waals surface area (Å²) in [7, 11) is 0. The number of anilines is 1. The first kappa shape index (κ1) is 14.6. The summed E-state index contributed by atoms with van der Waals surface area (Å²) in [4.78, 5) is 17.2. The Hall–Kier alpha value is -2.99. The van der Waals surface area contributed by atoms with Crippen molar-refractivity contribution in [3.63, 3.8) is 0 Å². The van der Waals surface area contributed by atoms with Crippen LogP contribution in [0.4, 0.5) is 5.82 Å². The van der Waals surface area contributed by atoms with E-state index < -0.39 is 0 Å². The maximum Gasteiger partial charge on any atom is 0.226 e. The number of imidazole rings is 1. The van der Waals surface area contributed by atoms with Gasteiger partial charge in [0, 0.05) is 24.6 Å². The summed E-state index contributed by atoms with van der Waals surface area (Å²) in [5, 5.41) is 3.43. The maximum absolute atomic E-state index is 6.11. The number of hydrogen-bond acceptors (Lipinski definition) is 5. The molecule has 3 aromatic heterocycles. The van der Waals surface area contributed by atoms with Gasteiger partial charge >= 0.3 is 0 Å². The predicted molar refractivity (Wildman–Crippen MR) is 93.2 cm³/mol. The van der Waals surface area contributed by atoms with Crippen molar-refractivity contribution in [2.75, 3.05) is 5.32 Å². The summed E-state index contributed by atoms with van der Waals surface area (Å²) in [6, 6.07) is 13.7. The Morgan fingerprint density at radius 2 is 1.92 bits per heavy atom. The molecule has 24 heavy (non-hydrogen) atoms. The molecule has 0 radical (unpaired) electrons. The third-order valence-corrected chi connectivity index (χ3v) is 3.75. The highest BCUT2D eigenvalue weighted by Crippen LogP contribution is 2.23. The van der Waals surface area contributed by atoms with E-state index in [1.54, 1.807) is 18.7 Å². The largest absolute Gasteiger partial charge is 0.364 e. The van der Waals surface area contributed by atoms with Gasteiger partial charge in [-0.3, -0.25) is 9.55 Å². The summed E-state index contributed by atoms with van der Waals surface area (Å²) in [6.07, 6.45) is 5.26. The maximum atomic E-state index is 6.11. The number of halogens is 1. The summed E-state index contributed by atoms with van der Waals surface area (Å²) in [5.74, 6) is 0.600. The van der Waals surface area contributed by atoms with Crippen molar-refractivity contribution >= 4 is 28.6 Å². The van der Waals surface area contributed by atoms with Crippen molar-refractivity contribution in [3.8, 4) is 5.69 Å². The van der Waals surface area contributed by atoms with E-state index in [0.717, 1.165) is 11.3 Å². The Morgan fingerprint density at radius 3 is 2.71 bits per heavy atom. The summed E-state index contributed by atoms with van der Waals surface area (Å²) in [5.41, 5.74) is 3.35. The summed E-state index contributed by atoms with van der Waals surface area (Å²) in [6.45, 7) is 0.578. The number of fused-ring (bicyclic) bond motifs is 1. The van der Waals surface area contributed by atoms with Crippen LogP contribution in [0.2, 0.25) is 5.28 Å². The van der Waals surface area contributed by atoms with Crippen LogP contribution in [-0.2, 0) is 6.54 Å². The molecule has 0 aliphatic rings. The molecule has 0 atom stereocenters. The van der Waals surface area contributed by atoms with Crippen LogP contribution in [-0.4, -0.2) is 24.5 Å². The van der Waals surface area contributed by atoms with Crippen molar-refractivity contribution < 1.29 is 0 Å². The van der Waals surface area contributed by atoms with Gasteiger partial charge in [0.1, 0.15) is 6.33 Å². The number of para-hydroxylation sites is 1. The Balaban J connectivity index is 1.73. The van der Waals surface area contributed by atoms with Crippen molar-refractivity contribution in [2.45, 2.75) is 6.54 Å². The quantitative estimate of drug-likeness (QED) is 0.578. The molecule has 0 saturated carbocycles. The lowest BCUT2D eigenvalue weighted by atomic mass is 10.3. The lowest BCUT2D eigenvalue weighted by Gasteiger charge is -2.07. The fourth-order valence-electron chi connectivity index (χ4n) is 2.46. The van der Waals surface area contributed by atoms with E-state index in [2.05, 4.69) is 25.3 Å². The topological polar surface area (TPSA) is 68.5 Å². The van der Waals surface area contributed by atoms with Gasteiger partial charge in [0.25, 0.3) is 0 Å². The van der Waals surface area contributed by atoms with Crippen LogP contribution >= 0.6 is 11.6 Å². The first-order valence-corrected chi connectivity index (χ1v) is 7.78. The van der Waals surface area contributed by atoms with E-state index in [1.807, 2.05) is 47.0 Å². The van der Waals surface area contributed by atoms with Gasteiger partial charge in [0.2, 0.25) is 5.28 Å². The second kappa shape index (κ2) is 6.25. The molecule has 118 valence electrons. The van der Waals surface area contributed by atoms with Gasteiger partial charge in [-0.25, -0.2) is 4.98 Å². The normalized spacial score (nSPS) is 10.9. The average Bonchev–Trinajstić information content (AvgIpc) is 3.05. The first-order chi connectivity index (χ1) is 11.8. The first-order valence-electron chi connectivity index (χ1n) is 7.40. The van der Waals surface area contributed by atoms with Gasteiger partial charge in [-0.05, 0) is 35.4 Å². The SMILES string of the molecule is Clc1nc(NCc2cccnc2)c2ncn(-c3ccccc3)c2n1. The number of pyridine rings is 1. The molecule has 0 spiro atoms. The number of nitrogens with one attached hydrogen (secondary N) is 1. The smallest absolute Gasteiger partial charge is 0.226 e. The summed E-state index contributed by atoms with van der Waals surface area (Å²) >= 11 is 6.11. The van der Waals surface area contributed by atoms with Crippen molar-refractivity contribution in [1.29, 1.82) is 0 Å². The molecule has 0 amide bonds. The molecule has 0 unspecified atom stereocenters. The van der Waals surface area contributed by atoms with Crippen molar-refractivity contribution in [3.05, 3.63) is 72.0 Å². The van der Waals surface area contributed by atoms with Crippen LogP contribution in [0, 0.1) is 0 Å². The lowest BCUT2D eigenvalue weighted by molar-refractivity contribution is 1.05. The molecule has 0 aliphatic carbocycles. The molecular formula is C17H13ClN6. The van der Waals surface area contributed by atoms with Gasteiger partial charge in [-0.15, -0.1) is 0 Å². The zero-order chi connectivity index (χ0) is 16.4. The van der Waals surface area contributed by atoms with Crippen LogP contribution in [0.1, 0.15) is 5.56 Å². The van der Waals surface area contributed by atoms with Crippen LogP contribution < -0.4 is 5.32 Å². The molecule has 4 rings (SSSR count). The van der Waals surface area contributed by atoms with Crippen LogP contribution in [0.15, 0.2) is 61.2 Å². The average molecular weight is 337 g/mol. The van der Waals surface area contributed by atoms with E-state index in [0.29, 0.717) is 23.5 Å². The van der Waals surface area contributed by atoms with E-state index in [-0.39, 0.29) is 5.28 Å². The Labute approximate surface area is 143 Å². The Kier molecular flexibility index (Phi) is 3.80. The molecule has 0 aliphatic heterocycles. The van der Waals surface area contributed by atoms with Crippen molar-refractivity contribution in [1.82, 2.24) is 24.5 Å². The molecule has 3 heterocycles. The van der Waals surface area contributed by atoms with Gasteiger partial charge in [-0.2, -0.15) is 9.97 Å². The number of nitrogens with zero attached hydrogens (tertiary/aromatic N) is 5. The van der Waals surface area contributed by atoms with Crippen LogP contribution in [0.5, 0.6) is 0 Å². The Bertz CT molecular complexity index is 968. The second-order valence-electron chi connectivity index (χ2n) is 5.18. The molecule has 0 saturated heterocycles. The molecular weight excluding hydrogens is 324 g/mol. The molecule has 6 nitrogen and oxygen atoms in total. The highest BCUT2D eigenvalue weighted by molar-refractivity contribution is 6.28. The van der Waals surface area contributed by atoms with E-state index >= 15 is 0 Å². The van der Waals surface area contributed by atoms with E-state index in [1.165, 1.54) is 0 Å². The van der Waals surface area contributed by atoms with E-state index in [4.69, 9.17) is 11.6 Å². The molecule has 7 heteroatoms. The minimum Gasteiger partial charge on any atom is -0.364 e. The zero-order valence-electron chi connectivity index (χ0n) is 12.6. The fraction of sp³-hybridized carbons (Fsp3) is 0.0588. The fourth-order valence-corrected chi connectivity index (χ4v) is 2.63. The molecule has 0 fully saturated rings. The third kappa shape index (κ3) is 2.79. The second-order valence-corrected chi connectivity index (χ2v) is 5.52. The minimum atomic E-state index is 0.175. The van der Waals surface area contributed by atoms with Crippen LogP contribution in [0.25, 0.3) is 16.9 Å². The number of hydrogen-bond donors (Lipinski definition) is 1. The molecule has 1 aromatic carbocycles. The third-order valence-electron chi connectivity index (χ3n) is 3.59. The molecule has 4 aromatic rings. The standard InChI is InChI=1S/C17H13ClN6/c18-17-22-15(20-10-12-5-4-8-19-9-12)14-16(23-17)24(11-21-14)13-6-2-1-3-7-13/h1-9,11H,10H2,(H,20,22,23). The minimum absolute atomic E-state index is 0.175. The van der Waals surface area contributed by atoms with Gasteiger partial charge < -0.3 is 5.32 Å². The highest BCUT2D eigenvalue weighted by atomic mass is 35.5. The lowest BCUT2D eigenvalue weighted by Crippen LogP contribution is -2.04. The zero-order valence-corrected chi connectivity index (χ0v) is 13.4. The highest BCUT2D eigenvalue weighted by Gasteiger charge is 2.13.